The number of amides is 2. The Morgan fingerprint density at radius 2 is 2.00 bits per heavy atom. The molecule has 0 bridgehead atoms. The van der Waals surface area contributed by atoms with Crippen LogP contribution in [0.2, 0.25) is 0 Å². The largest absolute Gasteiger partial charge is 0.386 e. The van der Waals surface area contributed by atoms with Gasteiger partial charge < -0.3 is 26.0 Å². The van der Waals surface area contributed by atoms with Crippen molar-refractivity contribution in [3.63, 3.8) is 0 Å². The second-order valence-corrected chi connectivity index (χ2v) is 10.2. The van der Waals surface area contributed by atoms with E-state index in [2.05, 4.69) is 21.0 Å². The van der Waals surface area contributed by atoms with Crippen LogP contribution in [0.5, 0.6) is 0 Å². The molecule has 1 aromatic rings. The van der Waals surface area contributed by atoms with Crippen LogP contribution in [0.3, 0.4) is 0 Å². The lowest BCUT2D eigenvalue weighted by molar-refractivity contribution is -0.157. The van der Waals surface area contributed by atoms with Crippen LogP contribution < -0.4 is 26.7 Å². The third kappa shape index (κ3) is 4.70. The highest BCUT2D eigenvalue weighted by Crippen LogP contribution is 2.34. The number of nitrogens with one attached hydrogen (secondary N) is 3. The van der Waals surface area contributed by atoms with Gasteiger partial charge in [-0.2, -0.15) is 0 Å². The van der Waals surface area contributed by atoms with Gasteiger partial charge in [0.2, 0.25) is 11.8 Å². The van der Waals surface area contributed by atoms with Crippen LogP contribution >= 0.6 is 0 Å². The summed E-state index contributed by atoms with van der Waals surface area (Å²) in [5.74, 6) is -1.89. The van der Waals surface area contributed by atoms with Crippen LogP contribution in [0.25, 0.3) is 0 Å². The van der Waals surface area contributed by atoms with Gasteiger partial charge in [-0.25, -0.2) is 19.2 Å². The number of carbonyl (C=O) groups excluding carboxylic acids is 2. The van der Waals surface area contributed by atoms with Crippen molar-refractivity contribution in [1.82, 2.24) is 25.6 Å². The zero-order chi connectivity index (χ0) is 24.9. The first kappa shape index (κ1) is 24.3. The number of carbonyl (C=O) groups is 2. The number of nitrogens with zero attached hydrogens (tertiary/aromatic N) is 4. The maximum atomic E-state index is 14.9. The highest BCUT2D eigenvalue weighted by molar-refractivity contribution is 5.96. The minimum atomic E-state index is -1.07. The van der Waals surface area contributed by atoms with Crippen molar-refractivity contribution in [3.05, 3.63) is 18.2 Å². The standard InChI is InChI=1S/C22H32F2N8O3/c1-22(35)10-31(11-22)21(34)12-2-4-30(5-3-12)17-14(24)7-26-8-15(17)28-20(33)16-18(25)29-32-9-13(23)6-27-19(16)32/h7-8,12-13,16,18-19,27,29,35H,2-6,9-11,25H2,1H3,(H,28,33). The first-order chi connectivity index (χ1) is 16.6. The third-order valence-corrected chi connectivity index (χ3v) is 7.29. The van der Waals surface area contributed by atoms with Gasteiger partial charge in [0.25, 0.3) is 0 Å². The topological polar surface area (TPSA) is 139 Å². The van der Waals surface area contributed by atoms with Gasteiger partial charge in [0, 0.05) is 32.1 Å². The van der Waals surface area contributed by atoms with Crippen LogP contribution in [0.1, 0.15) is 19.8 Å². The smallest absolute Gasteiger partial charge is 0.233 e. The maximum Gasteiger partial charge on any atom is 0.233 e. The number of hydrazine groups is 1. The zero-order valence-electron chi connectivity index (χ0n) is 19.6. The Bertz CT molecular complexity index is 981. The molecule has 0 radical (unpaired) electrons. The fraction of sp³-hybridized carbons (Fsp3) is 0.682. The van der Waals surface area contributed by atoms with E-state index in [1.165, 1.54) is 6.20 Å². The number of hydrogen-bond acceptors (Lipinski definition) is 9. The maximum absolute atomic E-state index is 14.9. The normalized spacial score (nSPS) is 31.1. The van der Waals surface area contributed by atoms with Crippen LogP contribution in [0.4, 0.5) is 20.2 Å². The van der Waals surface area contributed by atoms with Gasteiger partial charge in [0.1, 0.15) is 11.9 Å². The number of halogens is 2. The molecular formula is C22H32F2N8O3. The zero-order valence-corrected chi connectivity index (χ0v) is 19.6. The number of rotatable bonds is 4. The van der Waals surface area contributed by atoms with Crippen LogP contribution in [0, 0.1) is 17.7 Å². The number of β-amino-alcohol motifs (C(OH)–C–C–N with tert-alkyl or cyclic N) is 1. The lowest BCUT2D eigenvalue weighted by Gasteiger charge is -2.46. The molecule has 2 amide bonds. The van der Waals surface area contributed by atoms with Gasteiger partial charge >= 0.3 is 0 Å². The van der Waals surface area contributed by atoms with Crippen LogP contribution in [-0.2, 0) is 9.59 Å². The van der Waals surface area contributed by atoms with E-state index in [-0.39, 0.29) is 36.3 Å². The van der Waals surface area contributed by atoms with E-state index in [0.29, 0.717) is 39.0 Å². The highest BCUT2D eigenvalue weighted by Gasteiger charge is 2.47. The van der Waals surface area contributed by atoms with Gasteiger partial charge in [-0.3, -0.25) is 19.9 Å². The number of aliphatic hydroxyl groups is 1. The molecule has 35 heavy (non-hydrogen) atoms. The summed E-state index contributed by atoms with van der Waals surface area (Å²) in [5, 5.41) is 17.3. The van der Waals surface area contributed by atoms with Gasteiger partial charge in [0.05, 0.1) is 55.0 Å². The Kier molecular flexibility index (Phi) is 6.38. The molecule has 4 atom stereocenters. The van der Waals surface area contributed by atoms with Gasteiger partial charge in [-0.05, 0) is 19.8 Å². The van der Waals surface area contributed by atoms with Crippen molar-refractivity contribution < 1.29 is 23.5 Å². The minimum absolute atomic E-state index is 0.0164. The van der Waals surface area contributed by atoms with E-state index in [9.17, 15) is 23.5 Å². The number of likely N-dealkylation sites (tertiary alicyclic amines) is 1. The number of pyridine rings is 1. The van der Waals surface area contributed by atoms with Crippen molar-refractivity contribution in [2.75, 3.05) is 49.5 Å². The molecule has 0 aliphatic carbocycles. The van der Waals surface area contributed by atoms with Crippen molar-refractivity contribution >= 4 is 23.2 Å². The third-order valence-electron chi connectivity index (χ3n) is 7.29. The summed E-state index contributed by atoms with van der Waals surface area (Å²) in [6.07, 6.45) is 1.28. The summed E-state index contributed by atoms with van der Waals surface area (Å²) < 4.78 is 28.7. The first-order valence-electron chi connectivity index (χ1n) is 12.0. The van der Waals surface area contributed by atoms with Gasteiger partial charge in [-0.1, -0.05) is 0 Å². The Morgan fingerprint density at radius 1 is 1.29 bits per heavy atom. The Morgan fingerprint density at radius 3 is 2.69 bits per heavy atom. The summed E-state index contributed by atoms with van der Waals surface area (Å²) in [7, 11) is 0. The van der Waals surface area contributed by atoms with Crippen molar-refractivity contribution in [2.45, 2.75) is 43.9 Å². The van der Waals surface area contributed by atoms with Crippen LogP contribution in [-0.4, -0.2) is 95.2 Å². The van der Waals surface area contributed by atoms with E-state index < -0.39 is 41.7 Å². The number of alkyl halides is 1. The Labute approximate surface area is 202 Å². The quantitative estimate of drug-likeness (QED) is 0.355. The van der Waals surface area contributed by atoms with E-state index in [1.54, 1.807) is 16.8 Å². The average molecular weight is 495 g/mol. The molecule has 6 N–H and O–H groups in total. The van der Waals surface area contributed by atoms with Gasteiger partial charge in [0.15, 0.2) is 5.82 Å². The summed E-state index contributed by atoms with van der Waals surface area (Å²) in [6, 6.07) is 0. The number of nitrogens with two attached hydrogens (primary N) is 1. The Hall–Kier alpha value is -2.45. The van der Waals surface area contributed by atoms with Crippen LogP contribution in [0.15, 0.2) is 12.4 Å². The fourth-order valence-corrected chi connectivity index (χ4v) is 5.58. The van der Waals surface area contributed by atoms with E-state index in [1.807, 2.05) is 4.90 Å². The molecule has 5 rings (SSSR count). The molecule has 1 aromatic heterocycles. The predicted molar refractivity (Wildman–Crippen MR) is 123 cm³/mol. The molecule has 0 aromatic carbocycles. The molecule has 0 spiro atoms. The predicted octanol–water partition coefficient (Wildman–Crippen LogP) is -1.04. The van der Waals surface area contributed by atoms with E-state index >= 15 is 0 Å². The number of anilines is 2. The SMILES string of the molecule is CC1(O)CN(C(=O)C2CCN(c3c(F)cncc3NC(=O)C3C(N)NN4CC(F)CNC34)CC2)C1. The molecule has 5 heterocycles. The molecule has 4 saturated heterocycles. The molecule has 4 fully saturated rings. The fourth-order valence-electron chi connectivity index (χ4n) is 5.58. The molecule has 4 unspecified atom stereocenters. The number of fused-ring (bicyclic) bond motifs is 1. The minimum Gasteiger partial charge on any atom is -0.386 e. The monoisotopic (exact) mass is 494 g/mol. The van der Waals surface area contributed by atoms with Crippen molar-refractivity contribution in [2.24, 2.45) is 17.6 Å². The number of piperidine rings is 1. The summed E-state index contributed by atoms with van der Waals surface area (Å²) >= 11 is 0. The van der Waals surface area contributed by atoms with Gasteiger partial charge in [-0.15, -0.1) is 0 Å². The van der Waals surface area contributed by atoms with E-state index in [0.717, 1.165) is 6.20 Å². The van der Waals surface area contributed by atoms with Crippen molar-refractivity contribution in [3.8, 4) is 0 Å². The lowest BCUT2D eigenvalue weighted by Crippen LogP contribution is -2.63. The second-order valence-electron chi connectivity index (χ2n) is 10.2. The lowest BCUT2D eigenvalue weighted by atomic mass is 9.90. The summed E-state index contributed by atoms with van der Waals surface area (Å²) in [6.45, 7) is 3.47. The molecule has 4 aliphatic heterocycles. The molecule has 13 heteroatoms. The molecule has 192 valence electrons. The molecule has 11 nitrogen and oxygen atoms in total. The molecular weight excluding hydrogens is 462 g/mol. The summed E-state index contributed by atoms with van der Waals surface area (Å²) in [4.78, 5) is 33.3. The van der Waals surface area contributed by atoms with E-state index in [4.69, 9.17) is 5.73 Å². The first-order valence-corrected chi connectivity index (χ1v) is 12.0. The van der Waals surface area contributed by atoms with Crippen molar-refractivity contribution in [1.29, 1.82) is 0 Å². The summed E-state index contributed by atoms with van der Waals surface area (Å²) in [5.41, 5.74) is 8.68. The number of aromatic nitrogens is 1. The number of hydrogen-bond donors (Lipinski definition) is 5. The highest BCUT2D eigenvalue weighted by atomic mass is 19.1. The Balaban J connectivity index is 1.25. The second kappa shape index (κ2) is 9.21. The molecule has 4 aliphatic rings. The molecule has 0 saturated carbocycles. The average Bonchev–Trinajstić information content (AvgIpc) is 3.12.